The molecule has 136 valence electrons. The van der Waals surface area contributed by atoms with Crippen LogP contribution < -0.4 is 5.32 Å². The van der Waals surface area contributed by atoms with Gasteiger partial charge in [0, 0.05) is 23.4 Å². The fourth-order valence-electron chi connectivity index (χ4n) is 2.00. The van der Waals surface area contributed by atoms with Gasteiger partial charge >= 0.3 is 6.18 Å². The summed E-state index contributed by atoms with van der Waals surface area (Å²) in [6, 6.07) is 4.93. The highest BCUT2D eigenvalue weighted by atomic mass is 79.9. The van der Waals surface area contributed by atoms with Crippen LogP contribution in [0.5, 0.6) is 0 Å². The van der Waals surface area contributed by atoms with Crippen LogP contribution in [0, 0.1) is 0 Å². The molecule has 0 saturated heterocycles. The summed E-state index contributed by atoms with van der Waals surface area (Å²) in [5.74, 6) is -1.98. The molecule has 11 heteroatoms. The van der Waals surface area contributed by atoms with E-state index in [1.54, 1.807) is 6.07 Å². The van der Waals surface area contributed by atoms with E-state index >= 15 is 0 Å². The number of alkyl halides is 3. The minimum atomic E-state index is -4.65. The third-order valence-corrected chi connectivity index (χ3v) is 5.30. The Morgan fingerprint density at radius 2 is 2.04 bits per heavy atom. The number of amides is 1. The van der Waals surface area contributed by atoms with Crippen LogP contribution in [0.15, 0.2) is 52.1 Å². The van der Waals surface area contributed by atoms with Crippen LogP contribution in [0.3, 0.4) is 0 Å². The van der Waals surface area contributed by atoms with Crippen LogP contribution in [0.2, 0.25) is 0 Å². The summed E-state index contributed by atoms with van der Waals surface area (Å²) in [4.78, 5) is 11.7. The summed E-state index contributed by atoms with van der Waals surface area (Å²) >= 11 is 3.11. The number of rotatable bonds is 6. The number of benzene rings is 1. The minimum absolute atomic E-state index is 0.100. The molecule has 0 aliphatic carbocycles. The summed E-state index contributed by atoms with van der Waals surface area (Å²) in [5, 5.41) is 5.52. The highest BCUT2D eigenvalue weighted by Gasteiger charge is 2.41. The van der Waals surface area contributed by atoms with Gasteiger partial charge in [0.1, 0.15) is 5.75 Å². The van der Waals surface area contributed by atoms with Crippen LogP contribution >= 0.6 is 15.9 Å². The molecule has 1 aromatic carbocycles. The van der Waals surface area contributed by atoms with Crippen molar-refractivity contribution in [2.24, 2.45) is 0 Å². The maximum atomic E-state index is 13.0. The zero-order valence-electron chi connectivity index (χ0n) is 12.6. The van der Waals surface area contributed by atoms with E-state index in [2.05, 4.69) is 21.0 Å². The first-order chi connectivity index (χ1) is 11.6. The van der Waals surface area contributed by atoms with Gasteiger partial charge in [-0.15, -0.1) is 0 Å². The van der Waals surface area contributed by atoms with Crippen molar-refractivity contribution in [3.63, 3.8) is 0 Å². The maximum Gasteiger partial charge on any atom is 0.412 e. The monoisotopic (exact) mass is 439 g/mol. The van der Waals surface area contributed by atoms with Gasteiger partial charge in [-0.2, -0.15) is 18.3 Å². The molecular formula is C14H13BrF3N3O3S. The average molecular weight is 440 g/mol. The van der Waals surface area contributed by atoms with E-state index in [1.807, 2.05) is 5.32 Å². The Balaban J connectivity index is 2.04. The highest BCUT2D eigenvalue weighted by Crippen LogP contribution is 2.29. The highest BCUT2D eigenvalue weighted by molar-refractivity contribution is 9.10. The van der Waals surface area contributed by atoms with Crippen molar-refractivity contribution in [1.29, 1.82) is 0 Å². The number of aromatic nitrogens is 2. The Hall–Kier alpha value is -1.88. The van der Waals surface area contributed by atoms with Gasteiger partial charge in [-0.1, -0.05) is 22.0 Å². The molecular weight excluding hydrogens is 427 g/mol. The van der Waals surface area contributed by atoms with Gasteiger partial charge in [0.05, 0.1) is 4.90 Å². The SMILES string of the molecule is O=C(CS(=O)(=O)c1cccc(Br)c1)NC[C@H](n1cccn1)C(F)(F)F. The summed E-state index contributed by atoms with van der Waals surface area (Å²) in [7, 11) is -3.96. The number of nitrogens with one attached hydrogen (secondary N) is 1. The molecule has 1 heterocycles. The standard InChI is InChI=1S/C14H13BrF3N3O3S/c15-10-3-1-4-11(7-10)25(23,24)9-13(22)19-8-12(14(16,17)18)21-6-2-5-20-21/h1-7,12H,8-9H2,(H,19,22)/t12-/m0/s1. The summed E-state index contributed by atoms with van der Waals surface area (Å²) in [5.41, 5.74) is 0. The van der Waals surface area contributed by atoms with E-state index < -0.39 is 40.3 Å². The summed E-state index contributed by atoms with van der Waals surface area (Å²) < 4.78 is 64.6. The van der Waals surface area contributed by atoms with E-state index in [1.165, 1.54) is 30.5 Å². The van der Waals surface area contributed by atoms with E-state index in [9.17, 15) is 26.4 Å². The molecule has 25 heavy (non-hydrogen) atoms. The van der Waals surface area contributed by atoms with Crippen molar-refractivity contribution in [3.8, 4) is 0 Å². The van der Waals surface area contributed by atoms with Crippen molar-refractivity contribution in [2.45, 2.75) is 17.1 Å². The lowest BCUT2D eigenvalue weighted by Gasteiger charge is -2.21. The van der Waals surface area contributed by atoms with Crippen molar-refractivity contribution in [3.05, 3.63) is 47.2 Å². The molecule has 0 aliphatic heterocycles. The number of carbonyl (C=O) groups is 1. The van der Waals surface area contributed by atoms with Gasteiger partial charge in [-0.25, -0.2) is 8.42 Å². The lowest BCUT2D eigenvalue weighted by molar-refractivity contribution is -0.169. The third kappa shape index (κ3) is 5.30. The van der Waals surface area contributed by atoms with E-state index in [0.29, 0.717) is 9.15 Å². The van der Waals surface area contributed by atoms with Gasteiger partial charge in [-0.3, -0.25) is 9.48 Å². The Morgan fingerprint density at radius 1 is 1.32 bits per heavy atom. The first kappa shape index (κ1) is 19.4. The number of hydrogen-bond donors (Lipinski definition) is 1. The molecule has 0 radical (unpaired) electrons. The molecule has 2 rings (SSSR count). The number of carbonyl (C=O) groups excluding carboxylic acids is 1. The molecule has 2 aromatic rings. The van der Waals surface area contributed by atoms with Gasteiger partial charge in [0.25, 0.3) is 0 Å². The van der Waals surface area contributed by atoms with Gasteiger partial charge in [0.2, 0.25) is 5.91 Å². The zero-order valence-corrected chi connectivity index (χ0v) is 15.0. The number of halogens is 4. The second-order valence-electron chi connectivity index (χ2n) is 5.06. The molecule has 1 aromatic heterocycles. The Bertz CT molecular complexity index is 839. The zero-order chi connectivity index (χ0) is 18.7. The largest absolute Gasteiger partial charge is 0.412 e. The molecule has 1 atom stereocenters. The molecule has 0 bridgehead atoms. The van der Waals surface area contributed by atoms with Crippen LogP contribution in [-0.2, 0) is 14.6 Å². The van der Waals surface area contributed by atoms with Crippen LogP contribution in [0.1, 0.15) is 6.04 Å². The molecule has 0 unspecified atom stereocenters. The first-order valence-electron chi connectivity index (χ1n) is 6.90. The fourth-order valence-corrected chi connectivity index (χ4v) is 3.76. The van der Waals surface area contributed by atoms with Crippen molar-refractivity contribution in [2.75, 3.05) is 12.3 Å². The number of nitrogens with zero attached hydrogens (tertiary/aromatic N) is 2. The molecule has 1 N–H and O–H groups in total. The third-order valence-electron chi connectivity index (χ3n) is 3.19. The fraction of sp³-hybridized carbons (Fsp3) is 0.286. The summed E-state index contributed by atoms with van der Waals surface area (Å²) in [6.07, 6.45) is -2.36. The Morgan fingerprint density at radius 3 is 2.60 bits per heavy atom. The topological polar surface area (TPSA) is 81.1 Å². The van der Waals surface area contributed by atoms with Crippen molar-refractivity contribution < 1.29 is 26.4 Å². The summed E-state index contributed by atoms with van der Waals surface area (Å²) in [6.45, 7) is -0.821. The van der Waals surface area contributed by atoms with Crippen molar-refractivity contribution in [1.82, 2.24) is 15.1 Å². The minimum Gasteiger partial charge on any atom is -0.353 e. The number of hydrogen-bond acceptors (Lipinski definition) is 4. The second kappa shape index (κ2) is 7.56. The molecule has 0 aliphatic rings. The second-order valence-corrected chi connectivity index (χ2v) is 7.97. The van der Waals surface area contributed by atoms with E-state index in [-0.39, 0.29) is 4.90 Å². The van der Waals surface area contributed by atoms with Gasteiger partial charge in [-0.05, 0) is 24.3 Å². The molecule has 0 spiro atoms. The number of sulfone groups is 1. The van der Waals surface area contributed by atoms with Crippen LogP contribution in [0.4, 0.5) is 13.2 Å². The van der Waals surface area contributed by atoms with Crippen LogP contribution in [-0.4, -0.2) is 42.6 Å². The van der Waals surface area contributed by atoms with Gasteiger partial charge in [0.15, 0.2) is 15.9 Å². The molecule has 0 fully saturated rings. The first-order valence-corrected chi connectivity index (χ1v) is 9.35. The Kier molecular flexibility index (Phi) is 5.88. The van der Waals surface area contributed by atoms with Crippen molar-refractivity contribution >= 4 is 31.7 Å². The molecule has 1 amide bonds. The van der Waals surface area contributed by atoms with E-state index in [0.717, 1.165) is 6.20 Å². The van der Waals surface area contributed by atoms with E-state index in [4.69, 9.17) is 0 Å². The molecule has 6 nitrogen and oxygen atoms in total. The predicted molar refractivity (Wildman–Crippen MR) is 86.5 cm³/mol. The lowest BCUT2D eigenvalue weighted by Crippen LogP contribution is -2.40. The Labute approximate surface area is 150 Å². The molecule has 0 saturated carbocycles. The maximum absolute atomic E-state index is 13.0. The quantitative estimate of drug-likeness (QED) is 0.748. The predicted octanol–water partition coefficient (Wildman–Crippen LogP) is 2.34. The lowest BCUT2D eigenvalue weighted by atomic mass is 10.3. The van der Waals surface area contributed by atoms with Crippen LogP contribution in [0.25, 0.3) is 0 Å². The smallest absolute Gasteiger partial charge is 0.353 e. The van der Waals surface area contributed by atoms with Gasteiger partial charge < -0.3 is 5.32 Å². The average Bonchev–Trinajstić information content (AvgIpc) is 2.99. The normalized spacial score (nSPS) is 13.4.